The average Bonchev–Trinajstić information content (AvgIpc) is 3.08. The van der Waals surface area contributed by atoms with E-state index in [4.69, 9.17) is 5.11 Å². The predicted molar refractivity (Wildman–Crippen MR) is 83.8 cm³/mol. The predicted octanol–water partition coefficient (Wildman–Crippen LogP) is 3.62. The number of fused-ring (bicyclic) bond motifs is 2. The van der Waals surface area contributed by atoms with Crippen LogP contribution in [-0.4, -0.2) is 17.8 Å². The third-order valence-corrected chi connectivity index (χ3v) is 4.92. The van der Waals surface area contributed by atoms with Crippen molar-refractivity contribution < 1.29 is 5.11 Å². The van der Waals surface area contributed by atoms with Gasteiger partial charge in [0.2, 0.25) is 0 Å². The molecule has 2 aliphatic carbocycles. The maximum absolute atomic E-state index is 8.92. The van der Waals surface area contributed by atoms with E-state index in [1.165, 1.54) is 24.1 Å². The molecule has 1 aromatic rings. The molecule has 0 radical (unpaired) electrons. The van der Waals surface area contributed by atoms with E-state index in [1.54, 1.807) is 0 Å². The van der Waals surface area contributed by atoms with Crippen LogP contribution in [0, 0.1) is 17.8 Å². The summed E-state index contributed by atoms with van der Waals surface area (Å²) < 4.78 is 0. The lowest BCUT2D eigenvalue weighted by molar-refractivity contribution is 0.288. The monoisotopic (exact) mass is 271 g/mol. The largest absolute Gasteiger partial charge is 0.396 e. The van der Waals surface area contributed by atoms with E-state index in [-0.39, 0.29) is 6.61 Å². The summed E-state index contributed by atoms with van der Waals surface area (Å²) >= 11 is 0. The molecule has 4 atom stereocenters. The van der Waals surface area contributed by atoms with E-state index < -0.39 is 0 Å². The summed E-state index contributed by atoms with van der Waals surface area (Å²) in [5.41, 5.74) is 2.53. The zero-order valence-electron chi connectivity index (χ0n) is 12.3. The fourth-order valence-corrected chi connectivity index (χ4v) is 3.87. The molecule has 0 saturated heterocycles. The molecular formula is C18H25NO. The van der Waals surface area contributed by atoms with Crippen LogP contribution in [0.5, 0.6) is 0 Å². The first-order valence-electron chi connectivity index (χ1n) is 7.91. The minimum Gasteiger partial charge on any atom is -0.396 e. The molecule has 2 heteroatoms. The van der Waals surface area contributed by atoms with Crippen molar-refractivity contribution in [2.75, 3.05) is 11.9 Å². The van der Waals surface area contributed by atoms with Crippen molar-refractivity contribution >= 4 is 5.69 Å². The molecular weight excluding hydrogens is 246 g/mol. The fraction of sp³-hybridized carbons (Fsp3) is 0.556. The molecule has 2 bridgehead atoms. The first-order valence-corrected chi connectivity index (χ1v) is 7.91. The van der Waals surface area contributed by atoms with Crippen molar-refractivity contribution in [2.45, 2.75) is 38.6 Å². The summed E-state index contributed by atoms with van der Waals surface area (Å²) in [7, 11) is 0. The lowest BCUT2D eigenvalue weighted by Crippen LogP contribution is -2.28. The van der Waals surface area contributed by atoms with Crippen molar-refractivity contribution in [2.24, 2.45) is 17.8 Å². The standard InChI is InChI=1S/C18H25NO/c1-13(18-12-15-7-8-16(18)10-15)19-17-6-2-4-14(11-17)5-3-9-20/h2,4,6-8,11,13,15-16,18-20H,3,5,9-10,12H2,1H3. The van der Waals surface area contributed by atoms with Gasteiger partial charge in [0.1, 0.15) is 0 Å². The van der Waals surface area contributed by atoms with Gasteiger partial charge in [0.15, 0.2) is 0 Å². The number of aliphatic hydroxyl groups is 1. The maximum Gasteiger partial charge on any atom is 0.0434 e. The smallest absolute Gasteiger partial charge is 0.0434 e. The van der Waals surface area contributed by atoms with E-state index in [9.17, 15) is 0 Å². The number of rotatable bonds is 6. The quantitative estimate of drug-likeness (QED) is 0.774. The summed E-state index contributed by atoms with van der Waals surface area (Å²) in [6.07, 6.45) is 9.35. The van der Waals surface area contributed by atoms with E-state index in [0.717, 1.165) is 30.6 Å². The molecule has 0 amide bonds. The number of hydrogen-bond donors (Lipinski definition) is 2. The van der Waals surface area contributed by atoms with Gasteiger partial charge in [-0.15, -0.1) is 0 Å². The molecule has 0 aliphatic heterocycles. The van der Waals surface area contributed by atoms with Crippen molar-refractivity contribution in [3.05, 3.63) is 42.0 Å². The average molecular weight is 271 g/mol. The number of anilines is 1. The van der Waals surface area contributed by atoms with Crippen molar-refractivity contribution in [1.82, 2.24) is 0 Å². The lowest BCUT2D eigenvalue weighted by atomic mass is 9.87. The Morgan fingerprint density at radius 2 is 2.20 bits per heavy atom. The molecule has 3 rings (SSSR count). The van der Waals surface area contributed by atoms with Crippen LogP contribution >= 0.6 is 0 Å². The van der Waals surface area contributed by atoms with Gasteiger partial charge in [-0.3, -0.25) is 0 Å². The second-order valence-electron chi connectivity index (χ2n) is 6.40. The Bertz CT molecular complexity index is 482. The molecule has 108 valence electrons. The van der Waals surface area contributed by atoms with Crippen LogP contribution in [0.3, 0.4) is 0 Å². The summed E-state index contributed by atoms with van der Waals surface area (Å²) in [5.74, 6) is 2.41. The molecule has 2 N–H and O–H groups in total. The first kappa shape index (κ1) is 13.7. The summed E-state index contributed by atoms with van der Waals surface area (Å²) in [4.78, 5) is 0. The molecule has 2 aliphatic rings. The third kappa shape index (κ3) is 2.90. The van der Waals surface area contributed by atoms with Crippen molar-refractivity contribution in [3.8, 4) is 0 Å². The summed E-state index contributed by atoms with van der Waals surface area (Å²) in [6, 6.07) is 9.17. The van der Waals surface area contributed by atoms with Crippen molar-refractivity contribution in [1.29, 1.82) is 0 Å². The zero-order chi connectivity index (χ0) is 13.9. The molecule has 0 spiro atoms. The Morgan fingerprint density at radius 1 is 1.30 bits per heavy atom. The second kappa shape index (κ2) is 6.01. The van der Waals surface area contributed by atoms with Crippen LogP contribution < -0.4 is 5.32 Å². The van der Waals surface area contributed by atoms with Gasteiger partial charge < -0.3 is 10.4 Å². The van der Waals surface area contributed by atoms with E-state index in [0.29, 0.717) is 6.04 Å². The van der Waals surface area contributed by atoms with E-state index >= 15 is 0 Å². The molecule has 4 unspecified atom stereocenters. The van der Waals surface area contributed by atoms with Gasteiger partial charge >= 0.3 is 0 Å². The lowest BCUT2D eigenvalue weighted by Gasteiger charge is -2.27. The van der Waals surface area contributed by atoms with Crippen LogP contribution in [0.25, 0.3) is 0 Å². The molecule has 1 fully saturated rings. The molecule has 0 aromatic heterocycles. The van der Waals surface area contributed by atoms with Gasteiger partial charge in [0.05, 0.1) is 0 Å². The highest BCUT2D eigenvalue weighted by Gasteiger charge is 2.38. The Morgan fingerprint density at radius 3 is 2.90 bits per heavy atom. The molecule has 1 saturated carbocycles. The number of nitrogens with one attached hydrogen (secondary N) is 1. The van der Waals surface area contributed by atoms with Gasteiger partial charge in [0.25, 0.3) is 0 Å². The highest BCUT2D eigenvalue weighted by atomic mass is 16.2. The number of hydrogen-bond acceptors (Lipinski definition) is 2. The Balaban J connectivity index is 1.61. The summed E-state index contributed by atoms with van der Waals surface area (Å²) in [5, 5.41) is 12.6. The van der Waals surface area contributed by atoms with Gasteiger partial charge in [0, 0.05) is 18.3 Å². The molecule has 0 heterocycles. The number of benzene rings is 1. The van der Waals surface area contributed by atoms with Crippen LogP contribution in [0.2, 0.25) is 0 Å². The number of aryl methyl sites for hydroxylation is 1. The molecule has 1 aromatic carbocycles. The molecule has 20 heavy (non-hydrogen) atoms. The Hall–Kier alpha value is -1.28. The van der Waals surface area contributed by atoms with E-state index in [2.05, 4.69) is 48.7 Å². The van der Waals surface area contributed by atoms with Crippen LogP contribution in [-0.2, 0) is 6.42 Å². The van der Waals surface area contributed by atoms with Crippen LogP contribution in [0.15, 0.2) is 36.4 Å². The highest BCUT2D eigenvalue weighted by molar-refractivity contribution is 5.46. The van der Waals surface area contributed by atoms with Gasteiger partial charge in [-0.25, -0.2) is 0 Å². The van der Waals surface area contributed by atoms with Gasteiger partial charge in [-0.05, 0) is 68.1 Å². The van der Waals surface area contributed by atoms with Gasteiger partial charge in [-0.1, -0.05) is 24.3 Å². The topological polar surface area (TPSA) is 32.3 Å². The van der Waals surface area contributed by atoms with E-state index in [1.807, 2.05) is 0 Å². The summed E-state index contributed by atoms with van der Waals surface area (Å²) in [6.45, 7) is 2.59. The second-order valence-corrected chi connectivity index (χ2v) is 6.40. The zero-order valence-corrected chi connectivity index (χ0v) is 12.3. The fourth-order valence-electron chi connectivity index (χ4n) is 3.87. The minimum absolute atomic E-state index is 0.269. The minimum atomic E-state index is 0.269. The SMILES string of the molecule is CC(Nc1cccc(CCCO)c1)C1CC2C=CC1C2. The number of allylic oxidation sites excluding steroid dienone is 2. The first-order chi connectivity index (χ1) is 9.76. The maximum atomic E-state index is 8.92. The Kier molecular flexibility index (Phi) is 4.11. The number of aliphatic hydroxyl groups excluding tert-OH is 1. The Labute approximate surface area is 121 Å². The normalized spacial score (nSPS) is 28.8. The third-order valence-electron chi connectivity index (χ3n) is 4.92. The van der Waals surface area contributed by atoms with Gasteiger partial charge in [-0.2, -0.15) is 0 Å². The van der Waals surface area contributed by atoms with Crippen LogP contribution in [0.4, 0.5) is 5.69 Å². The highest BCUT2D eigenvalue weighted by Crippen LogP contribution is 2.45. The molecule has 2 nitrogen and oxygen atoms in total. The van der Waals surface area contributed by atoms with Crippen molar-refractivity contribution in [3.63, 3.8) is 0 Å². The van der Waals surface area contributed by atoms with Crippen LogP contribution in [0.1, 0.15) is 31.7 Å².